The smallest absolute Gasteiger partial charge is 0.234 e. The van der Waals surface area contributed by atoms with Crippen molar-refractivity contribution in [3.05, 3.63) is 35.4 Å². The van der Waals surface area contributed by atoms with Gasteiger partial charge in [-0.3, -0.25) is 4.79 Å². The quantitative estimate of drug-likeness (QED) is 0.811. The molecule has 126 valence electrons. The standard InChI is InChI=1S/C17H19FN4OS/c1-10-2-7-14(13(18)8-10)19-15(23)9-24-17-21-20-16(11-3-4-11)22(17)12-5-6-12/h2,7-8,11-12H,3-6,9H2,1H3,(H,19,23). The number of anilines is 1. The van der Waals surface area contributed by atoms with Gasteiger partial charge >= 0.3 is 0 Å². The van der Waals surface area contributed by atoms with E-state index in [0.29, 0.717) is 12.0 Å². The molecule has 4 rings (SSSR count). The molecule has 0 unspecified atom stereocenters. The highest BCUT2D eigenvalue weighted by atomic mass is 32.2. The second-order valence-electron chi connectivity index (χ2n) is 6.54. The van der Waals surface area contributed by atoms with Crippen molar-refractivity contribution in [1.82, 2.24) is 14.8 Å². The van der Waals surface area contributed by atoms with Crippen LogP contribution in [0.5, 0.6) is 0 Å². The molecule has 0 aliphatic heterocycles. The zero-order chi connectivity index (χ0) is 16.7. The van der Waals surface area contributed by atoms with E-state index in [4.69, 9.17) is 0 Å². The zero-order valence-electron chi connectivity index (χ0n) is 13.5. The third-order valence-corrected chi connectivity index (χ3v) is 5.22. The van der Waals surface area contributed by atoms with Crippen molar-refractivity contribution in [2.75, 3.05) is 11.1 Å². The minimum Gasteiger partial charge on any atom is -0.323 e. The van der Waals surface area contributed by atoms with E-state index in [1.807, 2.05) is 6.92 Å². The number of thioether (sulfide) groups is 1. The maximum atomic E-state index is 13.8. The largest absolute Gasteiger partial charge is 0.323 e. The van der Waals surface area contributed by atoms with E-state index in [9.17, 15) is 9.18 Å². The fourth-order valence-corrected chi connectivity index (χ4v) is 3.53. The number of nitrogens with zero attached hydrogens (tertiary/aromatic N) is 3. The van der Waals surface area contributed by atoms with Gasteiger partial charge in [-0.1, -0.05) is 17.8 Å². The Morgan fingerprint density at radius 2 is 2.12 bits per heavy atom. The van der Waals surface area contributed by atoms with Gasteiger partial charge in [0.2, 0.25) is 5.91 Å². The van der Waals surface area contributed by atoms with Gasteiger partial charge in [0.15, 0.2) is 5.16 Å². The molecule has 0 saturated heterocycles. The van der Waals surface area contributed by atoms with Crippen LogP contribution >= 0.6 is 11.8 Å². The van der Waals surface area contributed by atoms with Gasteiger partial charge < -0.3 is 9.88 Å². The number of carbonyl (C=O) groups excluding carboxylic acids is 1. The van der Waals surface area contributed by atoms with Crippen LogP contribution < -0.4 is 5.32 Å². The van der Waals surface area contributed by atoms with E-state index >= 15 is 0 Å². The fourth-order valence-electron chi connectivity index (χ4n) is 2.72. The Morgan fingerprint density at radius 1 is 1.33 bits per heavy atom. The molecule has 2 aromatic rings. The summed E-state index contributed by atoms with van der Waals surface area (Å²) in [6.45, 7) is 1.81. The van der Waals surface area contributed by atoms with Gasteiger partial charge in [0, 0.05) is 12.0 Å². The summed E-state index contributed by atoms with van der Waals surface area (Å²) in [6, 6.07) is 5.27. The van der Waals surface area contributed by atoms with Crippen molar-refractivity contribution < 1.29 is 9.18 Å². The van der Waals surface area contributed by atoms with Gasteiger partial charge in [0.05, 0.1) is 11.4 Å². The minimum atomic E-state index is -0.412. The second-order valence-corrected chi connectivity index (χ2v) is 7.48. The maximum Gasteiger partial charge on any atom is 0.234 e. The van der Waals surface area contributed by atoms with Crippen LogP contribution in [-0.4, -0.2) is 26.4 Å². The summed E-state index contributed by atoms with van der Waals surface area (Å²) in [5.74, 6) is 1.17. The highest BCUT2D eigenvalue weighted by Crippen LogP contribution is 2.45. The monoisotopic (exact) mass is 346 g/mol. The molecule has 0 spiro atoms. The first-order valence-electron chi connectivity index (χ1n) is 8.25. The van der Waals surface area contributed by atoms with Crippen molar-refractivity contribution in [3.63, 3.8) is 0 Å². The number of aryl methyl sites for hydroxylation is 1. The van der Waals surface area contributed by atoms with Crippen molar-refractivity contribution in [1.29, 1.82) is 0 Å². The predicted octanol–water partition coefficient (Wildman–Crippen LogP) is 3.67. The number of aromatic nitrogens is 3. The summed E-state index contributed by atoms with van der Waals surface area (Å²) < 4.78 is 16.0. The molecule has 1 aromatic heterocycles. The number of rotatable bonds is 6. The summed E-state index contributed by atoms with van der Waals surface area (Å²) in [5, 5.41) is 12.0. The van der Waals surface area contributed by atoms with E-state index in [0.717, 1.165) is 29.4 Å². The van der Waals surface area contributed by atoms with Crippen LogP contribution in [0.3, 0.4) is 0 Å². The van der Waals surface area contributed by atoms with Crippen LogP contribution in [0.25, 0.3) is 0 Å². The molecule has 2 aliphatic carbocycles. The summed E-state index contributed by atoms with van der Waals surface area (Å²) >= 11 is 1.37. The summed E-state index contributed by atoms with van der Waals surface area (Å²) in [4.78, 5) is 12.1. The molecular formula is C17H19FN4OS. The van der Waals surface area contributed by atoms with Gasteiger partial charge in [-0.15, -0.1) is 10.2 Å². The normalized spacial score (nSPS) is 17.1. The zero-order valence-corrected chi connectivity index (χ0v) is 14.3. The maximum absolute atomic E-state index is 13.8. The molecule has 1 aromatic carbocycles. The third-order valence-electron chi connectivity index (χ3n) is 4.28. The first-order chi connectivity index (χ1) is 11.6. The van der Waals surface area contributed by atoms with Crippen molar-refractivity contribution in [2.24, 2.45) is 0 Å². The molecule has 2 saturated carbocycles. The Morgan fingerprint density at radius 3 is 2.79 bits per heavy atom. The summed E-state index contributed by atoms with van der Waals surface area (Å²) in [6.07, 6.45) is 4.68. The van der Waals surface area contributed by atoms with Crippen LogP contribution in [-0.2, 0) is 4.79 Å². The lowest BCUT2D eigenvalue weighted by atomic mass is 10.2. The van der Waals surface area contributed by atoms with Crippen molar-refractivity contribution in [3.8, 4) is 0 Å². The van der Waals surface area contributed by atoms with Crippen LogP contribution in [0.4, 0.5) is 10.1 Å². The molecular weight excluding hydrogens is 327 g/mol. The number of hydrogen-bond donors (Lipinski definition) is 1. The summed E-state index contributed by atoms with van der Waals surface area (Å²) in [7, 11) is 0. The minimum absolute atomic E-state index is 0.197. The third kappa shape index (κ3) is 3.31. The van der Waals surface area contributed by atoms with Gasteiger partial charge in [0.1, 0.15) is 11.6 Å². The Bertz CT molecular complexity index is 783. The van der Waals surface area contributed by atoms with Crippen LogP contribution in [0.15, 0.2) is 23.4 Å². The first-order valence-corrected chi connectivity index (χ1v) is 9.24. The van der Waals surface area contributed by atoms with Gasteiger partial charge in [-0.2, -0.15) is 0 Å². The van der Waals surface area contributed by atoms with Crippen LogP contribution in [0, 0.1) is 12.7 Å². The molecule has 1 heterocycles. The molecule has 0 bridgehead atoms. The number of halogens is 1. The SMILES string of the molecule is Cc1ccc(NC(=O)CSc2nnc(C3CC3)n2C2CC2)c(F)c1. The molecule has 0 radical (unpaired) electrons. The lowest BCUT2D eigenvalue weighted by Gasteiger charge is -2.09. The highest BCUT2D eigenvalue weighted by Gasteiger charge is 2.36. The Labute approximate surface area is 144 Å². The molecule has 2 aliphatic rings. The lowest BCUT2D eigenvalue weighted by molar-refractivity contribution is -0.113. The number of benzene rings is 1. The molecule has 2 fully saturated rings. The highest BCUT2D eigenvalue weighted by molar-refractivity contribution is 7.99. The Hall–Kier alpha value is -1.89. The second kappa shape index (κ2) is 6.20. The predicted molar refractivity (Wildman–Crippen MR) is 90.8 cm³/mol. The van der Waals surface area contributed by atoms with E-state index in [2.05, 4.69) is 20.1 Å². The average Bonchev–Trinajstić information content (AvgIpc) is 3.47. The van der Waals surface area contributed by atoms with E-state index in [1.165, 1.54) is 30.7 Å². The summed E-state index contributed by atoms with van der Waals surface area (Å²) in [5.41, 5.74) is 1.04. The fraction of sp³-hybridized carbons (Fsp3) is 0.471. The van der Waals surface area contributed by atoms with Gasteiger partial charge in [-0.25, -0.2) is 4.39 Å². The van der Waals surface area contributed by atoms with E-state index < -0.39 is 5.82 Å². The molecule has 1 N–H and O–H groups in total. The number of hydrogen-bond acceptors (Lipinski definition) is 4. The van der Waals surface area contributed by atoms with Crippen molar-refractivity contribution >= 4 is 23.4 Å². The average molecular weight is 346 g/mol. The molecule has 5 nitrogen and oxygen atoms in total. The van der Waals surface area contributed by atoms with Crippen LogP contribution in [0.1, 0.15) is 49.0 Å². The Balaban J connectivity index is 1.40. The molecule has 7 heteroatoms. The molecule has 24 heavy (non-hydrogen) atoms. The van der Waals surface area contributed by atoms with Gasteiger partial charge in [-0.05, 0) is 50.3 Å². The van der Waals surface area contributed by atoms with Crippen molar-refractivity contribution in [2.45, 2.75) is 49.7 Å². The van der Waals surface area contributed by atoms with Crippen LogP contribution in [0.2, 0.25) is 0 Å². The van der Waals surface area contributed by atoms with E-state index in [-0.39, 0.29) is 17.3 Å². The first kappa shape index (κ1) is 15.6. The number of amides is 1. The van der Waals surface area contributed by atoms with Gasteiger partial charge in [0.25, 0.3) is 0 Å². The molecule has 0 atom stereocenters. The molecule has 1 amide bonds. The topological polar surface area (TPSA) is 59.8 Å². The lowest BCUT2D eigenvalue weighted by Crippen LogP contribution is -2.15. The van der Waals surface area contributed by atoms with E-state index in [1.54, 1.807) is 12.1 Å². The Kier molecular flexibility index (Phi) is 4.04. The number of carbonyl (C=O) groups is 1. The number of nitrogens with one attached hydrogen (secondary N) is 1.